The van der Waals surface area contributed by atoms with E-state index in [0.29, 0.717) is 11.6 Å². The minimum absolute atomic E-state index is 0.156. The van der Waals surface area contributed by atoms with E-state index in [4.69, 9.17) is 10.00 Å². The predicted octanol–water partition coefficient (Wildman–Crippen LogP) is 3.67. The van der Waals surface area contributed by atoms with Crippen LogP contribution < -0.4 is 10.6 Å². The van der Waals surface area contributed by atoms with Crippen molar-refractivity contribution >= 4 is 6.09 Å². The van der Waals surface area contributed by atoms with E-state index in [2.05, 4.69) is 23.6 Å². The zero-order valence-electron chi connectivity index (χ0n) is 14.8. The van der Waals surface area contributed by atoms with Crippen molar-refractivity contribution in [2.75, 3.05) is 0 Å². The fraction of sp³-hybridized carbons (Fsp3) is 0.333. The van der Waals surface area contributed by atoms with Gasteiger partial charge in [-0.05, 0) is 43.0 Å². The Balaban J connectivity index is 1.36. The normalized spacial score (nSPS) is 19.7. The third-order valence-corrected chi connectivity index (χ3v) is 4.70. The number of rotatable bonds is 6. The van der Waals surface area contributed by atoms with Crippen molar-refractivity contribution in [2.45, 2.75) is 44.5 Å². The Hall–Kier alpha value is -2.84. The van der Waals surface area contributed by atoms with Crippen LogP contribution in [0, 0.1) is 11.3 Å². The fourth-order valence-corrected chi connectivity index (χ4v) is 3.10. The second kappa shape index (κ2) is 8.50. The Kier molecular flexibility index (Phi) is 5.88. The minimum Gasteiger partial charge on any atom is -0.445 e. The van der Waals surface area contributed by atoms with Crippen molar-refractivity contribution < 1.29 is 9.53 Å². The lowest BCUT2D eigenvalue weighted by atomic mass is 9.86. The number of amides is 1. The van der Waals surface area contributed by atoms with Crippen LogP contribution in [0.2, 0.25) is 0 Å². The maximum absolute atomic E-state index is 11.9. The maximum Gasteiger partial charge on any atom is 0.407 e. The van der Waals surface area contributed by atoms with E-state index in [1.165, 1.54) is 0 Å². The highest BCUT2D eigenvalue weighted by atomic mass is 16.5. The minimum atomic E-state index is -0.363. The molecule has 1 atom stereocenters. The summed E-state index contributed by atoms with van der Waals surface area (Å²) < 4.78 is 5.25. The SMILES string of the molecule is CC(NC1CC(NC(=O)OCc2ccccc2)C1)c1ccc(C#N)cc1. The zero-order valence-corrected chi connectivity index (χ0v) is 14.8. The fourth-order valence-electron chi connectivity index (χ4n) is 3.10. The van der Waals surface area contributed by atoms with Gasteiger partial charge in [-0.3, -0.25) is 0 Å². The van der Waals surface area contributed by atoms with Crippen LogP contribution in [0.4, 0.5) is 4.79 Å². The number of benzene rings is 2. The molecule has 1 amide bonds. The summed E-state index contributed by atoms with van der Waals surface area (Å²) in [6.07, 6.45) is 1.42. The van der Waals surface area contributed by atoms with Crippen LogP contribution in [0.25, 0.3) is 0 Å². The Morgan fingerprint density at radius 3 is 2.50 bits per heavy atom. The van der Waals surface area contributed by atoms with Gasteiger partial charge in [0.2, 0.25) is 0 Å². The third-order valence-electron chi connectivity index (χ3n) is 4.70. The number of carbonyl (C=O) groups is 1. The number of nitriles is 1. The predicted molar refractivity (Wildman–Crippen MR) is 99.3 cm³/mol. The van der Waals surface area contributed by atoms with Crippen LogP contribution in [-0.4, -0.2) is 18.2 Å². The standard InChI is InChI=1S/C21H23N3O2/c1-15(18-9-7-16(13-22)8-10-18)23-19-11-20(12-19)24-21(25)26-14-17-5-3-2-4-6-17/h2-10,15,19-20,23H,11-12,14H2,1H3,(H,24,25). The zero-order chi connectivity index (χ0) is 18.4. The van der Waals surface area contributed by atoms with Crippen molar-refractivity contribution in [3.63, 3.8) is 0 Å². The van der Waals surface area contributed by atoms with Crippen LogP contribution in [-0.2, 0) is 11.3 Å². The number of hydrogen-bond donors (Lipinski definition) is 2. The van der Waals surface area contributed by atoms with Crippen LogP contribution in [0.5, 0.6) is 0 Å². The molecule has 1 aliphatic rings. The van der Waals surface area contributed by atoms with Gasteiger partial charge in [-0.1, -0.05) is 42.5 Å². The van der Waals surface area contributed by atoms with Gasteiger partial charge >= 0.3 is 6.09 Å². The van der Waals surface area contributed by atoms with E-state index >= 15 is 0 Å². The lowest BCUT2D eigenvalue weighted by molar-refractivity contribution is 0.124. The van der Waals surface area contributed by atoms with E-state index in [1.807, 2.05) is 54.6 Å². The van der Waals surface area contributed by atoms with E-state index in [9.17, 15) is 4.79 Å². The summed E-state index contributed by atoms with van der Waals surface area (Å²) in [4.78, 5) is 11.9. The molecule has 0 aromatic heterocycles. The largest absolute Gasteiger partial charge is 0.445 e. The number of hydrogen-bond acceptors (Lipinski definition) is 4. The Bertz CT molecular complexity index is 762. The number of nitrogens with zero attached hydrogens (tertiary/aromatic N) is 1. The summed E-state index contributed by atoms with van der Waals surface area (Å²) in [5.41, 5.74) is 2.80. The molecule has 0 spiro atoms. The third kappa shape index (κ3) is 4.84. The molecule has 1 fully saturated rings. The molecule has 0 heterocycles. The Morgan fingerprint density at radius 2 is 1.85 bits per heavy atom. The topological polar surface area (TPSA) is 74.2 Å². The second-order valence-electron chi connectivity index (χ2n) is 6.69. The molecular weight excluding hydrogens is 326 g/mol. The summed E-state index contributed by atoms with van der Waals surface area (Å²) in [5, 5.41) is 15.3. The van der Waals surface area contributed by atoms with E-state index < -0.39 is 0 Å². The Labute approximate surface area is 154 Å². The van der Waals surface area contributed by atoms with Crippen molar-refractivity contribution in [1.82, 2.24) is 10.6 Å². The molecule has 3 rings (SSSR count). The first kappa shape index (κ1) is 18.0. The molecule has 1 unspecified atom stereocenters. The molecule has 5 heteroatoms. The van der Waals surface area contributed by atoms with Crippen molar-refractivity contribution in [1.29, 1.82) is 5.26 Å². The maximum atomic E-state index is 11.9. The van der Waals surface area contributed by atoms with E-state index in [1.54, 1.807) is 0 Å². The average Bonchev–Trinajstić information content (AvgIpc) is 2.65. The quantitative estimate of drug-likeness (QED) is 0.834. The summed E-state index contributed by atoms with van der Waals surface area (Å²) in [6, 6.07) is 20.1. The number of alkyl carbamates (subject to hydrolysis) is 1. The highest BCUT2D eigenvalue weighted by Gasteiger charge is 2.31. The van der Waals surface area contributed by atoms with E-state index in [0.717, 1.165) is 24.0 Å². The first-order valence-electron chi connectivity index (χ1n) is 8.87. The highest BCUT2D eigenvalue weighted by molar-refractivity contribution is 5.67. The molecule has 1 aliphatic carbocycles. The van der Waals surface area contributed by atoms with Gasteiger partial charge in [0.05, 0.1) is 11.6 Å². The van der Waals surface area contributed by atoms with Gasteiger partial charge in [-0.25, -0.2) is 4.79 Å². The summed E-state index contributed by atoms with van der Waals surface area (Å²) >= 11 is 0. The molecule has 2 aromatic rings. The van der Waals surface area contributed by atoms with Crippen LogP contribution in [0.15, 0.2) is 54.6 Å². The Morgan fingerprint density at radius 1 is 1.15 bits per heavy atom. The van der Waals surface area contributed by atoms with Crippen LogP contribution >= 0.6 is 0 Å². The molecule has 2 aromatic carbocycles. The second-order valence-corrected chi connectivity index (χ2v) is 6.69. The molecule has 5 nitrogen and oxygen atoms in total. The summed E-state index contributed by atoms with van der Waals surface area (Å²) in [6.45, 7) is 2.40. The molecule has 0 aliphatic heterocycles. The molecular formula is C21H23N3O2. The number of nitrogens with one attached hydrogen (secondary N) is 2. The lowest BCUT2D eigenvalue weighted by Gasteiger charge is -2.38. The smallest absolute Gasteiger partial charge is 0.407 e. The molecule has 0 saturated heterocycles. The average molecular weight is 349 g/mol. The van der Waals surface area contributed by atoms with E-state index in [-0.39, 0.29) is 24.8 Å². The molecule has 26 heavy (non-hydrogen) atoms. The van der Waals surface area contributed by atoms with Crippen LogP contribution in [0.1, 0.15) is 42.5 Å². The van der Waals surface area contributed by atoms with Crippen molar-refractivity contribution in [3.8, 4) is 6.07 Å². The van der Waals surface area contributed by atoms with Crippen LogP contribution in [0.3, 0.4) is 0 Å². The number of carbonyl (C=O) groups excluding carboxylic acids is 1. The molecule has 1 saturated carbocycles. The summed E-state index contributed by atoms with van der Waals surface area (Å²) in [5.74, 6) is 0. The van der Waals surface area contributed by atoms with Gasteiger partial charge in [0.25, 0.3) is 0 Å². The van der Waals surface area contributed by atoms with Gasteiger partial charge in [0.15, 0.2) is 0 Å². The van der Waals surface area contributed by atoms with Crippen molar-refractivity contribution in [3.05, 3.63) is 71.3 Å². The number of ether oxygens (including phenoxy) is 1. The van der Waals surface area contributed by atoms with Gasteiger partial charge in [-0.2, -0.15) is 5.26 Å². The first-order chi connectivity index (χ1) is 12.6. The first-order valence-corrected chi connectivity index (χ1v) is 8.87. The van der Waals surface area contributed by atoms with Gasteiger partial charge in [0.1, 0.15) is 6.61 Å². The summed E-state index contributed by atoms with van der Waals surface area (Å²) in [7, 11) is 0. The van der Waals surface area contributed by atoms with Gasteiger partial charge < -0.3 is 15.4 Å². The monoisotopic (exact) mass is 349 g/mol. The molecule has 0 radical (unpaired) electrons. The van der Waals surface area contributed by atoms with Gasteiger partial charge in [0, 0.05) is 18.1 Å². The molecule has 2 N–H and O–H groups in total. The lowest BCUT2D eigenvalue weighted by Crippen LogP contribution is -2.52. The van der Waals surface area contributed by atoms with Crippen molar-refractivity contribution in [2.24, 2.45) is 0 Å². The molecule has 0 bridgehead atoms. The van der Waals surface area contributed by atoms with Gasteiger partial charge in [-0.15, -0.1) is 0 Å². The molecule has 134 valence electrons. The highest BCUT2D eigenvalue weighted by Crippen LogP contribution is 2.24.